The van der Waals surface area contributed by atoms with Crippen LogP contribution in [0.1, 0.15) is 17.5 Å². The van der Waals surface area contributed by atoms with Crippen molar-refractivity contribution in [2.75, 3.05) is 19.3 Å². The van der Waals surface area contributed by atoms with Gasteiger partial charge >= 0.3 is 0 Å². The number of carbonyl (C=O) groups excluding carboxylic acids is 1. The second kappa shape index (κ2) is 7.79. The summed E-state index contributed by atoms with van der Waals surface area (Å²) in [7, 11) is 1.68. The molecule has 1 amide bonds. The van der Waals surface area contributed by atoms with Crippen molar-refractivity contribution >= 4 is 17.7 Å². The molecule has 0 N–H and O–H groups in total. The third-order valence-corrected chi connectivity index (χ3v) is 3.98. The number of amides is 1. The van der Waals surface area contributed by atoms with E-state index in [0.29, 0.717) is 24.1 Å². The monoisotopic (exact) mass is 330 g/mol. The minimum Gasteiger partial charge on any atom is -0.411 e. The Morgan fingerprint density at radius 1 is 1.30 bits per heavy atom. The van der Waals surface area contributed by atoms with E-state index in [1.165, 1.54) is 16.7 Å². The zero-order valence-electron chi connectivity index (χ0n) is 13.4. The first-order valence-electron chi connectivity index (χ1n) is 7.15. The summed E-state index contributed by atoms with van der Waals surface area (Å²) in [6.07, 6.45) is 0.324. The van der Waals surface area contributed by atoms with Crippen molar-refractivity contribution in [2.24, 2.45) is 0 Å². The van der Waals surface area contributed by atoms with Crippen molar-refractivity contribution in [1.29, 1.82) is 5.26 Å². The standard InChI is InChI=1S/C16H18N4O2S/c1-11-7-12(2)9-13(8-11)15-18-19-16(22-15)23-10-14(21)20(3)6-4-5-17/h7-9H,4,6,10H2,1-3H3. The summed E-state index contributed by atoms with van der Waals surface area (Å²) in [5, 5.41) is 16.9. The lowest BCUT2D eigenvalue weighted by atomic mass is 10.1. The summed E-state index contributed by atoms with van der Waals surface area (Å²) in [6, 6.07) is 8.05. The van der Waals surface area contributed by atoms with Crippen LogP contribution < -0.4 is 0 Å². The lowest BCUT2D eigenvalue weighted by molar-refractivity contribution is -0.127. The zero-order valence-corrected chi connectivity index (χ0v) is 14.2. The first-order chi connectivity index (χ1) is 11.0. The van der Waals surface area contributed by atoms with E-state index >= 15 is 0 Å². The molecule has 2 aromatic rings. The summed E-state index contributed by atoms with van der Waals surface area (Å²) in [6.45, 7) is 4.45. The zero-order chi connectivity index (χ0) is 16.8. The lowest BCUT2D eigenvalue weighted by Crippen LogP contribution is -2.29. The van der Waals surface area contributed by atoms with Crippen molar-refractivity contribution in [3.05, 3.63) is 29.3 Å². The van der Waals surface area contributed by atoms with Crippen molar-refractivity contribution < 1.29 is 9.21 Å². The van der Waals surface area contributed by atoms with E-state index in [-0.39, 0.29) is 11.7 Å². The summed E-state index contributed by atoms with van der Waals surface area (Å²) in [4.78, 5) is 13.4. The predicted molar refractivity (Wildman–Crippen MR) is 87.8 cm³/mol. The molecule has 0 fully saturated rings. The molecule has 0 saturated carbocycles. The molecule has 0 atom stereocenters. The van der Waals surface area contributed by atoms with Gasteiger partial charge in [0.25, 0.3) is 5.22 Å². The summed E-state index contributed by atoms with van der Waals surface area (Å²) >= 11 is 1.20. The van der Waals surface area contributed by atoms with E-state index in [9.17, 15) is 4.79 Å². The van der Waals surface area contributed by atoms with Crippen LogP contribution in [-0.2, 0) is 4.79 Å². The molecule has 120 valence electrons. The Kier molecular flexibility index (Phi) is 5.77. The number of nitriles is 1. The molecule has 0 radical (unpaired) electrons. The van der Waals surface area contributed by atoms with Crippen LogP contribution in [-0.4, -0.2) is 40.3 Å². The van der Waals surface area contributed by atoms with Gasteiger partial charge in [0.05, 0.1) is 18.2 Å². The molecule has 0 unspecified atom stereocenters. The topological polar surface area (TPSA) is 83.0 Å². The van der Waals surface area contributed by atoms with Crippen molar-refractivity contribution in [2.45, 2.75) is 25.5 Å². The quantitative estimate of drug-likeness (QED) is 0.757. The Bertz CT molecular complexity index is 716. The Morgan fingerprint density at radius 2 is 2.00 bits per heavy atom. The van der Waals surface area contributed by atoms with Crippen LogP contribution in [0.2, 0.25) is 0 Å². The number of aryl methyl sites for hydroxylation is 2. The number of thioether (sulfide) groups is 1. The van der Waals surface area contributed by atoms with E-state index in [0.717, 1.165) is 16.7 Å². The Hall–Kier alpha value is -2.33. The molecule has 7 heteroatoms. The smallest absolute Gasteiger partial charge is 0.277 e. The van der Waals surface area contributed by atoms with Gasteiger partial charge in [-0.3, -0.25) is 4.79 Å². The Labute approximate surface area is 139 Å². The van der Waals surface area contributed by atoms with Gasteiger partial charge in [-0.25, -0.2) is 0 Å². The highest BCUT2D eigenvalue weighted by Gasteiger charge is 2.14. The van der Waals surface area contributed by atoms with Crippen LogP contribution >= 0.6 is 11.8 Å². The molecule has 0 bridgehead atoms. The first-order valence-corrected chi connectivity index (χ1v) is 8.14. The number of benzene rings is 1. The fourth-order valence-corrected chi connectivity index (χ4v) is 2.76. The van der Waals surface area contributed by atoms with Crippen LogP contribution in [0.4, 0.5) is 0 Å². The maximum absolute atomic E-state index is 11.9. The van der Waals surface area contributed by atoms with Gasteiger partial charge < -0.3 is 9.32 Å². The maximum Gasteiger partial charge on any atom is 0.277 e. The highest BCUT2D eigenvalue weighted by Crippen LogP contribution is 2.25. The molecule has 1 heterocycles. The third-order valence-electron chi connectivity index (χ3n) is 3.18. The second-order valence-electron chi connectivity index (χ2n) is 5.26. The molecule has 2 rings (SSSR count). The van der Waals surface area contributed by atoms with Gasteiger partial charge in [-0.15, -0.1) is 10.2 Å². The lowest BCUT2D eigenvalue weighted by Gasteiger charge is -2.13. The maximum atomic E-state index is 11.9. The summed E-state index contributed by atoms with van der Waals surface area (Å²) in [5.74, 6) is 0.581. The minimum atomic E-state index is -0.0728. The van der Waals surface area contributed by atoms with Gasteiger partial charge in [0, 0.05) is 19.2 Å². The van der Waals surface area contributed by atoms with E-state index in [1.807, 2.05) is 32.0 Å². The molecular weight excluding hydrogens is 312 g/mol. The largest absolute Gasteiger partial charge is 0.411 e. The number of hydrogen-bond acceptors (Lipinski definition) is 6. The molecule has 0 aliphatic heterocycles. The molecule has 1 aromatic heterocycles. The van der Waals surface area contributed by atoms with E-state index in [4.69, 9.17) is 9.68 Å². The highest BCUT2D eigenvalue weighted by atomic mass is 32.2. The summed E-state index contributed by atoms with van der Waals surface area (Å²) in [5.41, 5.74) is 3.13. The van der Waals surface area contributed by atoms with Crippen LogP contribution in [0.5, 0.6) is 0 Å². The van der Waals surface area contributed by atoms with Gasteiger partial charge in [0.1, 0.15) is 0 Å². The van der Waals surface area contributed by atoms with Crippen molar-refractivity contribution in [3.8, 4) is 17.5 Å². The van der Waals surface area contributed by atoms with Crippen LogP contribution in [0.3, 0.4) is 0 Å². The average Bonchev–Trinajstić information content (AvgIpc) is 2.98. The average molecular weight is 330 g/mol. The molecular formula is C16H18N4O2S. The SMILES string of the molecule is Cc1cc(C)cc(-c2nnc(SCC(=O)N(C)CCC#N)o2)c1. The fraction of sp³-hybridized carbons (Fsp3) is 0.375. The minimum absolute atomic E-state index is 0.0728. The van der Waals surface area contributed by atoms with Crippen LogP contribution in [0.25, 0.3) is 11.5 Å². The Morgan fingerprint density at radius 3 is 2.65 bits per heavy atom. The number of aromatic nitrogens is 2. The number of hydrogen-bond donors (Lipinski definition) is 0. The van der Waals surface area contributed by atoms with Gasteiger partial charge in [0.2, 0.25) is 11.8 Å². The van der Waals surface area contributed by atoms with Crippen molar-refractivity contribution in [1.82, 2.24) is 15.1 Å². The molecule has 0 spiro atoms. The molecule has 0 aliphatic rings. The van der Waals surface area contributed by atoms with Gasteiger partial charge in [-0.1, -0.05) is 29.0 Å². The number of nitrogens with zero attached hydrogens (tertiary/aromatic N) is 4. The van der Waals surface area contributed by atoms with E-state index < -0.39 is 0 Å². The molecule has 1 aromatic carbocycles. The van der Waals surface area contributed by atoms with E-state index in [2.05, 4.69) is 16.3 Å². The highest BCUT2D eigenvalue weighted by molar-refractivity contribution is 7.99. The van der Waals surface area contributed by atoms with Crippen molar-refractivity contribution in [3.63, 3.8) is 0 Å². The van der Waals surface area contributed by atoms with Gasteiger partial charge in [-0.05, 0) is 26.0 Å². The first kappa shape index (κ1) is 17.0. The van der Waals surface area contributed by atoms with E-state index in [1.54, 1.807) is 7.05 Å². The molecule has 0 saturated heterocycles. The summed E-state index contributed by atoms with van der Waals surface area (Å²) < 4.78 is 5.61. The van der Waals surface area contributed by atoms with Gasteiger partial charge in [0.15, 0.2) is 0 Å². The molecule has 23 heavy (non-hydrogen) atoms. The number of carbonyl (C=O) groups is 1. The third kappa shape index (κ3) is 4.83. The molecule has 6 nitrogen and oxygen atoms in total. The van der Waals surface area contributed by atoms with Crippen LogP contribution in [0.15, 0.2) is 27.8 Å². The number of rotatable bonds is 6. The normalized spacial score (nSPS) is 10.3. The second-order valence-corrected chi connectivity index (χ2v) is 6.19. The van der Waals surface area contributed by atoms with Gasteiger partial charge in [-0.2, -0.15) is 5.26 Å². The Balaban J connectivity index is 1.97. The fourth-order valence-electron chi connectivity index (χ4n) is 2.06. The van der Waals surface area contributed by atoms with Crippen LogP contribution in [0, 0.1) is 25.2 Å². The predicted octanol–water partition coefficient (Wildman–Crippen LogP) is 2.82. The molecule has 0 aliphatic carbocycles.